The molecule has 34 heavy (non-hydrogen) atoms. The van der Waals surface area contributed by atoms with E-state index in [-0.39, 0.29) is 0 Å². The van der Waals surface area contributed by atoms with Crippen LogP contribution in [0, 0.1) is 6.92 Å². The first kappa shape index (κ1) is 20.7. The third-order valence-electron chi connectivity index (χ3n) is 6.21. The first-order chi connectivity index (χ1) is 16.7. The van der Waals surface area contributed by atoms with Crippen LogP contribution in [0.2, 0.25) is 0 Å². The van der Waals surface area contributed by atoms with E-state index in [0.717, 1.165) is 49.3 Å². The van der Waals surface area contributed by atoms with E-state index in [0.29, 0.717) is 0 Å². The summed E-state index contributed by atoms with van der Waals surface area (Å²) in [5, 5.41) is 1.13. The van der Waals surface area contributed by atoms with E-state index >= 15 is 0 Å². The molecule has 4 heteroatoms. The van der Waals surface area contributed by atoms with Gasteiger partial charge in [-0.05, 0) is 36.2 Å². The molecule has 2 heterocycles. The summed E-state index contributed by atoms with van der Waals surface area (Å²) >= 11 is 3.61. The van der Waals surface area contributed by atoms with E-state index < -0.39 is 0 Å². The van der Waals surface area contributed by atoms with E-state index in [2.05, 4.69) is 118 Å². The predicted molar refractivity (Wildman–Crippen MR) is 145 cm³/mol. The number of benzene rings is 4. The normalized spacial score (nSPS) is 11.2. The van der Waals surface area contributed by atoms with Crippen molar-refractivity contribution in [3.05, 3.63) is 113 Å². The van der Waals surface area contributed by atoms with Crippen molar-refractivity contribution in [2.24, 2.45) is 0 Å². The number of halogens is 1. The lowest BCUT2D eigenvalue weighted by Gasteiger charge is -2.06. The van der Waals surface area contributed by atoms with Crippen LogP contribution in [0.1, 0.15) is 5.56 Å². The highest BCUT2D eigenvalue weighted by atomic mass is 79.9. The summed E-state index contributed by atoms with van der Waals surface area (Å²) in [6, 6.07) is 33.9. The average molecular weight is 504 g/mol. The van der Waals surface area contributed by atoms with Crippen molar-refractivity contribution >= 4 is 26.8 Å². The number of hydrogen-bond acceptors (Lipinski definition) is 1. The second-order valence-corrected chi connectivity index (χ2v) is 9.43. The van der Waals surface area contributed by atoms with E-state index in [9.17, 15) is 0 Å². The van der Waals surface area contributed by atoms with Crippen molar-refractivity contribution in [1.29, 1.82) is 0 Å². The number of H-pyrrole nitrogens is 2. The van der Waals surface area contributed by atoms with Crippen molar-refractivity contribution < 1.29 is 0 Å². The maximum Gasteiger partial charge on any atom is 0.140 e. The first-order valence-corrected chi connectivity index (χ1v) is 12.0. The van der Waals surface area contributed by atoms with Gasteiger partial charge in [-0.2, -0.15) is 0 Å². The molecule has 4 aromatic carbocycles. The number of rotatable bonds is 4. The molecule has 0 spiro atoms. The molecule has 2 N–H and O–H groups in total. The molecule has 0 radical (unpaired) electrons. The molecule has 0 aliphatic rings. The fourth-order valence-electron chi connectivity index (χ4n) is 4.38. The van der Waals surface area contributed by atoms with Crippen molar-refractivity contribution in [2.75, 3.05) is 0 Å². The summed E-state index contributed by atoms with van der Waals surface area (Å²) < 4.78 is 1.04. The van der Waals surface area contributed by atoms with E-state index in [4.69, 9.17) is 4.98 Å². The molecule has 164 valence electrons. The van der Waals surface area contributed by atoms with Crippen LogP contribution in [0.25, 0.3) is 55.9 Å². The first-order valence-electron chi connectivity index (χ1n) is 11.3. The monoisotopic (exact) mass is 503 g/mol. The van der Waals surface area contributed by atoms with Crippen LogP contribution in [-0.2, 0) is 0 Å². The number of nitrogens with one attached hydrogen (secondary N) is 2. The Morgan fingerprint density at radius 2 is 1.38 bits per heavy atom. The molecule has 0 saturated carbocycles. The number of aromatic nitrogens is 3. The fourth-order valence-corrected chi connectivity index (χ4v) is 4.74. The predicted octanol–water partition coefficient (Wildman–Crippen LogP) is 8.63. The van der Waals surface area contributed by atoms with Gasteiger partial charge in [0.2, 0.25) is 0 Å². The molecule has 3 nitrogen and oxygen atoms in total. The zero-order valence-electron chi connectivity index (χ0n) is 18.6. The van der Waals surface area contributed by atoms with Gasteiger partial charge in [-0.15, -0.1) is 0 Å². The van der Waals surface area contributed by atoms with Gasteiger partial charge in [0.15, 0.2) is 0 Å². The standard InChI is InChI=1S/C30H22BrN3/c1-19-7-9-22(10-8-19)28-29(23-13-11-21(12-14-23)20-5-3-2-4-6-20)34-30(33-28)26-18-32-27-16-15-24(31)17-25(26)27/h2-18,32H,1H3,(H,33,34). The third kappa shape index (κ3) is 3.76. The molecule has 0 saturated heterocycles. The molecule has 0 aliphatic carbocycles. The Hall–Kier alpha value is -3.89. The lowest BCUT2D eigenvalue weighted by Crippen LogP contribution is -1.85. The minimum atomic E-state index is 0.849. The highest BCUT2D eigenvalue weighted by Crippen LogP contribution is 2.36. The number of aryl methyl sites for hydroxylation is 1. The summed E-state index contributed by atoms with van der Waals surface area (Å²) in [4.78, 5) is 12.1. The van der Waals surface area contributed by atoms with Gasteiger partial charge in [0.25, 0.3) is 0 Å². The molecule has 0 fully saturated rings. The summed E-state index contributed by atoms with van der Waals surface area (Å²) in [7, 11) is 0. The van der Waals surface area contributed by atoms with E-state index in [1.54, 1.807) is 0 Å². The smallest absolute Gasteiger partial charge is 0.140 e. The van der Waals surface area contributed by atoms with Gasteiger partial charge in [0.05, 0.1) is 11.4 Å². The summed E-state index contributed by atoms with van der Waals surface area (Å²) in [5.41, 5.74) is 9.94. The molecule has 0 unspecified atom stereocenters. The second-order valence-electron chi connectivity index (χ2n) is 8.51. The maximum atomic E-state index is 5.11. The van der Waals surface area contributed by atoms with Crippen molar-refractivity contribution in [2.45, 2.75) is 6.92 Å². The SMILES string of the molecule is Cc1ccc(-c2[nH]c(-c3c[nH]c4ccc(Br)cc34)nc2-c2ccc(-c3ccccc3)cc2)cc1. The number of aromatic amines is 2. The van der Waals surface area contributed by atoms with Gasteiger partial charge >= 0.3 is 0 Å². The molecular formula is C30H22BrN3. The number of fused-ring (bicyclic) bond motifs is 1. The number of nitrogens with zero attached hydrogens (tertiary/aromatic N) is 1. The Balaban J connectivity index is 1.50. The third-order valence-corrected chi connectivity index (χ3v) is 6.70. The largest absolute Gasteiger partial charge is 0.360 e. The van der Waals surface area contributed by atoms with E-state index in [1.807, 2.05) is 18.3 Å². The number of hydrogen-bond donors (Lipinski definition) is 2. The van der Waals surface area contributed by atoms with Crippen LogP contribution in [0.3, 0.4) is 0 Å². The molecule has 2 aromatic heterocycles. The highest BCUT2D eigenvalue weighted by Gasteiger charge is 2.18. The Morgan fingerprint density at radius 1 is 0.706 bits per heavy atom. The molecule has 0 atom stereocenters. The van der Waals surface area contributed by atoms with Crippen molar-refractivity contribution in [1.82, 2.24) is 15.0 Å². The van der Waals surface area contributed by atoms with Gasteiger partial charge in [-0.25, -0.2) is 4.98 Å². The van der Waals surface area contributed by atoms with Crippen LogP contribution in [0.15, 0.2) is 108 Å². The quantitative estimate of drug-likeness (QED) is 0.248. The van der Waals surface area contributed by atoms with E-state index in [1.165, 1.54) is 16.7 Å². The molecule has 6 rings (SSSR count). The van der Waals surface area contributed by atoms with Crippen LogP contribution >= 0.6 is 15.9 Å². The minimum Gasteiger partial charge on any atom is -0.360 e. The summed E-state index contributed by atoms with van der Waals surface area (Å²) in [6.45, 7) is 2.11. The van der Waals surface area contributed by atoms with Gasteiger partial charge in [-0.3, -0.25) is 0 Å². The van der Waals surface area contributed by atoms with Crippen molar-refractivity contribution in [3.8, 4) is 45.0 Å². The molecule has 0 bridgehead atoms. The average Bonchev–Trinajstić information content (AvgIpc) is 3.49. The Morgan fingerprint density at radius 3 is 2.15 bits per heavy atom. The van der Waals surface area contributed by atoms with Crippen LogP contribution in [0.4, 0.5) is 0 Å². The van der Waals surface area contributed by atoms with Crippen LogP contribution < -0.4 is 0 Å². The lowest BCUT2D eigenvalue weighted by atomic mass is 10.0. The van der Waals surface area contributed by atoms with Crippen LogP contribution in [-0.4, -0.2) is 15.0 Å². The van der Waals surface area contributed by atoms with Crippen LogP contribution in [0.5, 0.6) is 0 Å². The fraction of sp³-hybridized carbons (Fsp3) is 0.0333. The summed E-state index contributed by atoms with van der Waals surface area (Å²) in [6.07, 6.45) is 2.02. The highest BCUT2D eigenvalue weighted by molar-refractivity contribution is 9.10. The summed E-state index contributed by atoms with van der Waals surface area (Å²) in [5.74, 6) is 0.849. The Bertz CT molecular complexity index is 1590. The topological polar surface area (TPSA) is 44.5 Å². The zero-order valence-corrected chi connectivity index (χ0v) is 20.2. The van der Waals surface area contributed by atoms with Gasteiger partial charge in [0.1, 0.15) is 5.82 Å². The Labute approximate surface area is 206 Å². The minimum absolute atomic E-state index is 0.849. The zero-order chi connectivity index (χ0) is 23.1. The Kier molecular flexibility index (Phi) is 5.16. The van der Waals surface area contributed by atoms with Gasteiger partial charge in [0, 0.05) is 38.3 Å². The molecule has 6 aromatic rings. The molecular weight excluding hydrogens is 482 g/mol. The van der Waals surface area contributed by atoms with Gasteiger partial charge < -0.3 is 9.97 Å². The number of imidazole rings is 1. The van der Waals surface area contributed by atoms with Gasteiger partial charge in [-0.1, -0.05) is 100 Å². The lowest BCUT2D eigenvalue weighted by molar-refractivity contribution is 1.31. The van der Waals surface area contributed by atoms with Crippen molar-refractivity contribution in [3.63, 3.8) is 0 Å². The molecule has 0 amide bonds. The maximum absolute atomic E-state index is 5.11. The second kappa shape index (κ2) is 8.47. The molecule has 0 aliphatic heterocycles.